The lowest BCUT2D eigenvalue weighted by molar-refractivity contribution is -0.121. The van der Waals surface area contributed by atoms with Crippen LogP contribution in [0.3, 0.4) is 0 Å². The summed E-state index contributed by atoms with van der Waals surface area (Å²) in [5.41, 5.74) is 6.16. The number of halogens is 2. The van der Waals surface area contributed by atoms with Crippen molar-refractivity contribution in [2.24, 2.45) is 5.73 Å². The van der Waals surface area contributed by atoms with Gasteiger partial charge in [0.25, 0.3) is 6.43 Å². The number of hydrogen-bond acceptors (Lipinski definition) is 2. The minimum atomic E-state index is -2.56. The summed E-state index contributed by atoms with van der Waals surface area (Å²) in [6, 6.07) is 6.63. The second kappa shape index (κ2) is 6.68. The average Bonchev–Trinajstić information content (AvgIpc) is 2.34. The highest BCUT2D eigenvalue weighted by Crippen LogP contribution is 2.10. The smallest absolute Gasteiger partial charge is 0.255 e. The molecule has 1 aromatic carbocycles. The van der Waals surface area contributed by atoms with Crippen LogP contribution in [0.1, 0.15) is 22.3 Å². The van der Waals surface area contributed by atoms with E-state index >= 15 is 0 Å². The van der Waals surface area contributed by atoms with E-state index in [4.69, 9.17) is 5.73 Å². The van der Waals surface area contributed by atoms with Crippen molar-refractivity contribution in [2.45, 2.75) is 19.3 Å². The summed E-state index contributed by atoms with van der Waals surface area (Å²) >= 11 is 0. The number of benzene rings is 1. The number of carbonyl (C=O) groups excluding carboxylic acids is 2. The summed E-state index contributed by atoms with van der Waals surface area (Å²) < 4.78 is 23.7. The van der Waals surface area contributed by atoms with Crippen LogP contribution in [0.2, 0.25) is 0 Å². The van der Waals surface area contributed by atoms with Gasteiger partial charge in [0.15, 0.2) is 0 Å². The highest BCUT2D eigenvalue weighted by molar-refractivity contribution is 5.94. The monoisotopic (exact) mass is 256 g/mol. The van der Waals surface area contributed by atoms with Crippen LogP contribution in [-0.4, -0.2) is 24.8 Å². The predicted octanol–water partition coefficient (Wildman–Crippen LogP) is 1.10. The van der Waals surface area contributed by atoms with Crippen molar-refractivity contribution in [3.63, 3.8) is 0 Å². The first-order chi connectivity index (χ1) is 8.50. The SMILES string of the molecule is NC(=O)c1ccccc1CCC(=O)NCC(F)F. The van der Waals surface area contributed by atoms with E-state index in [0.29, 0.717) is 11.1 Å². The van der Waals surface area contributed by atoms with E-state index in [2.05, 4.69) is 5.32 Å². The zero-order valence-electron chi connectivity index (χ0n) is 9.66. The van der Waals surface area contributed by atoms with E-state index in [-0.39, 0.29) is 12.8 Å². The molecule has 98 valence electrons. The van der Waals surface area contributed by atoms with Gasteiger partial charge in [-0.2, -0.15) is 0 Å². The van der Waals surface area contributed by atoms with Crippen molar-refractivity contribution in [2.75, 3.05) is 6.54 Å². The van der Waals surface area contributed by atoms with E-state index in [1.807, 2.05) is 0 Å². The molecule has 0 aromatic heterocycles. The number of primary amides is 1. The van der Waals surface area contributed by atoms with Crippen LogP contribution in [0.15, 0.2) is 24.3 Å². The Morgan fingerprint density at radius 3 is 2.56 bits per heavy atom. The first-order valence-corrected chi connectivity index (χ1v) is 5.43. The third-order valence-electron chi connectivity index (χ3n) is 2.36. The summed E-state index contributed by atoms with van der Waals surface area (Å²) in [5.74, 6) is -1.05. The topological polar surface area (TPSA) is 72.2 Å². The molecule has 3 N–H and O–H groups in total. The number of rotatable bonds is 6. The van der Waals surface area contributed by atoms with Crippen molar-refractivity contribution in [1.82, 2.24) is 5.32 Å². The van der Waals surface area contributed by atoms with E-state index < -0.39 is 24.8 Å². The lowest BCUT2D eigenvalue weighted by atomic mass is 10.0. The van der Waals surface area contributed by atoms with Crippen molar-refractivity contribution in [3.05, 3.63) is 35.4 Å². The minimum absolute atomic E-state index is 0.0387. The molecular weight excluding hydrogens is 242 g/mol. The van der Waals surface area contributed by atoms with Gasteiger partial charge in [-0.15, -0.1) is 0 Å². The maximum Gasteiger partial charge on any atom is 0.255 e. The number of alkyl halides is 2. The molecule has 4 nitrogen and oxygen atoms in total. The molecule has 0 bridgehead atoms. The number of hydrogen-bond donors (Lipinski definition) is 2. The highest BCUT2D eigenvalue weighted by atomic mass is 19.3. The Morgan fingerprint density at radius 2 is 1.94 bits per heavy atom. The Balaban J connectivity index is 2.53. The summed E-state index contributed by atoms with van der Waals surface area (Å²) in [7, 11) is 0. The number of carbonyl (C=O) groups is 2. The van der Waals surface area contributed by atoms with E-state index in [0.717, 1.165) is 0 Å². The van der Waals surface area contributed by atoms with Gasteiger partial charge in [-0.1, -0.05) is 18.2 Å². The molecule has 1 aromatic rings. The van der Waals surface area contributed by atoms with Crippen molar-refractivity contribution in [3.8, 4) is 0 Å². The normalized spacial score (nSPS) is 10.4. The first-order valence-electron chi connectivity index (χ1n) is 5.43. The molecule has 0 saturated carbocycles. The van der Waals surface area contributed by atoms with Gasteiger partial charge in [-0.05, 0) is 18.1 Å². The van der Waals surface area contributed by atoms with Gasteiger partial charge in [-0.25, -0.2) is 8.78 Å². The van der Waals surface area contributed by atoms with Crippen molar-refractivity contribution in [1.29, 1.82) is 0 Å². The fourth-order valence-corrected chi connectivity index (χ4v) is 1.51. The molecule has 0 spiro atoms. The minimum Gasteiger partial charge on any atom is -0.366 e. The summed E-state index contributed by atoms with van der Waals surface area (Å²) in [6.45, 7) is -0.656. The van der Waals surface area contributed by atoms with Gasteiger partial charge in [0, 0.05) is 12.0 Å². The molecule has 0 atom stereocenters. The molecule has 0 saturated heterocycles. The van der Waals surface area contributed by atoms with Crippen molar-refractivity contribution >= 4 is 11.8 Å². The molecule has 2 amide bonds. The van der Waals surface area contributed by atoms with Crippen LogP contribution in [0.25, 0.3) is 0 Å². The Kier molecular flexibility index (Phi) is 5.23. The Labute approximate surface area is 103 Å². The quantitative estimate of drug-likeness (QED) is 0.800. The maximum atomic E-state index is 11.9. The fourth-order valence-electron chi connectivity index (χ4n) is 1.51. The molecule has 0 fully saturated rings. The van der Waals surface area contributed by atoms with Gasteiger partial charge in [-0.3, -0.25) is 9.59 Å². The number of nitrogens with one attached hydrogen (secondary N) is 1. The molecule has 6 heteroatoms. The highest BCUT2D eigenvalue weighted by Gasteiger charge is 2.10. The second-order valence-electron chi connectivity index (χ2n) is 3.72. The fraction of sp³-hybridized carbons (Fsp3) is 0.333. The number of aryl methyl sites for hydroxylation is 1. The van der Waals surface area contributed by atoms with Crippen LogP contribution in [0, 0.1) is 0 Å². The summed E-state index contributed by atoms with van der Waals surface area (Å²) in [6.07, 6.45) is -2.24. The average molecular weight is 256 g/mol. The molecule has 18 heavy (non-hydrogen) atoms. The molecule has 1 rings (SSSR count). The molecule has 0 heterocycles. The Morgan fingerprint density at radius 1 is 1.28 bits per heavy atom. The molecule has 0 radical (unpaired) electrons. The lowest BCUT2D eigenvalue weighted by Gasteiger charge is -2.07. The number of nitrogens with two attached hydrogens (primary N) is 1. The van der Waals surface area contributed by atoms with Crippen LogP contribution >= 0.6 is 0 Å². The molecular formula is C12H14F2N2O2. The van der Waals surface area contributed by atoms with Crippen molar-refractivity contribution < 1.29 is 18.4 Å². The third kappa shape index (κ3) is 4.48. The summed E-state index contributed by atoms with van der Waals surface area (Å²) in [5, 5.41) is 2.10. The lowest BCUT2D eigenvalue weighted by Crippen LogP contribution is -2.28. The predicted molar refractivity (Wildman–Crippen MR) is 62.3 cm³/mol. The molecule has 0 aliphatic heterocycles. The molecule has 0 aliphatic rings. The summed E-state index contributed by atoms with van der Waals surface area (Å²) in [4.78, 5) is 22.3. The van der Waals surface area contributed by atoms with Crippen LogP contribution < -0.4 is 11.1 Å². The molecule has 0 aliphatic carbocycles. The van der Waals surface area contributed by atoms with Crippen LogP contribution in [0.5, 0.6) is 0 Å². The van der Waals surface area contributed by atoms with Gasteiger partial charge < -0.3 is 11.1 Å². The second-order valence-corrected chi connectivity index (χ2v) is 3.72. The Bertz CT molecular complexity index is 436. The first kappa shape index (κ1) is 14.1. The Hall–Kier alpha value is -1.98. The van der Waals surface area contributed by atoms with Gasteiger partial charge >= 0.3 is 0 Å². The van der Waals surface area contributed by atoms with E-state index in [1.54, 1.807) is 24.3 Å². The maximum absolute atomic E-state index is 11.9. The van der Waals surface area contributed by atoms with E-state index in [9.17, 15) is 18.4 Å². The number of amides is 2. The zero-order chi connectivity index (χ0) is 13.5. The van der Waals surface area contributed by atoms with Gasteiger partial charge in [0.2, 0.25) is 11.8 Å². The van der Waals surface area contributed by atoms with Crippen LogP contribution in [-0.2, 0) is 11.2 Å². The standard InChI is InChI=1S/C12H14F2N2O2/c13-10(14)7-16-11(17)6-5-8-3-1-2-4-9(8)12(15)18/h1-4,10H,5-7H2,(H2,15,18)(H,16,17). The largest absolute Gasteiger partial charge is 0.366 e. The molecule has 0 unspecified atom stereocenters. The van der Waals surface area contributed by atoms with Gasteiger partial charge in [0.1, 0.15) is 0 Å². The zero-order valence-corrected chi connectivity index (χ0v) is 9.66. The van der Waals surface area contributed by atoms with E-state index in [1.165, 1.54) is 0 Å². The third-order valence-corrected chi connectivity index (χ3v) is 2.36. The van der Waals surface area contributed by atoms with Crippen LogP contribution in [0.4, 0.5) is 8.78 Å². The van der Waals surface area contributed by atoms with Gasteiger partial charge in [0.05, 0.1) is 6.54 Å².